The third-order valence-corrected chi connectivity index (χ3v) is 2.64. The number of β-amino-alcohol motifs (C(OH)–C–C–N with tert-alkyl or cyclic N) is 1. The van der Waals surface area contributed by atoms with E-state index >= 15 is 0 Å². The molecule has 0 aliphatic carbocycles. The molecule has 0 aromatic heterocycles. The monoisotopic (exact) mass is 243 g/mol. The first-order valence-corrected chi connectivity index (χ1v) is 5.91. The van der Waals surface area contributed by atoms with Crippen LogP contribution in [0.4, 0.5) is 4.79 Å². The number of amides is 3. The van der Waals surface area contributed by atoms with Crippen LogP contribution in [0.2, 0.25) is 0 Å². The van der Waals surface area contributed by atoms with Crippen molar-refractivity contribution in [3.63, 3.8) is 0 Å². The summed E-state index contributed by atoms with van der Waals surface area (Å²) in [6, 6.07) is -0.436. The van der Waals surface area contributed by atoms with Crippen molar-refractivity contribution < 1.29 is 14.7 Å². The number of aliphatic hydroxyl groups is 1. The van der Waals surface area contributed by atoms with Gasteiger partial charge >= 0.3 is 6.03 Å². The van der Waals surface area contributed by atoms with Gasteiger partial charge in [0.05, 0.1) is 12.6 Å². The van der Waals surface area contributed by atoms with E-state index < -0.39 is 17.7 Å². The lowest BCUT2D eigenvalue weighted by atomic mass is 10.1. The second-order valence-corrected chi connectivity index (χ2v) is 4.83. The van der Waals surface area contributed by atoms with Crippen LogP contribution in [0, 0.1) is 0 Å². The molecule has 0 aromatic carbocycles. The highest BCUT2D eigenvalue weighted by Crippen LogP contribution is 2.16. The molecule has 98 valence electrons. The number of nitrogens with one attached hydrogen (secondary N) is 2. The third kappa shape index (κ3) is 3.41. The second-order valence-electron chi connectivity index (χ2n) is 4.83. The highest BCUT2D eigenvalue weighted by molar-refractivity contribution is 6.06. The van der Waals surface area contributed by atoms with Crippen molar-refractivity contribution in [2.45, 2.75) is 38.8 Å². The summed E-state index contributed by atoms with van der Waals surface area (Å²) in [5.41, 5.74) is -0.867. The van der Waals surface area contributed by atoms with Gasteiger partial charge in [0.15, 0.2) is 0 Å². The second kappa shape index (κ2) is 5.46. The molecular formula is C11H21N3O3. The van der Waals surface area contributed by atoms with Gasteiger partial charge in [0.25, 0.3) is 5.91 Å². The number of rotatable bonds is 6. The van der Waals surface area contributed by atoms with Crippen molar-refractivity contribution in [2.75, 3.05) is 19.6 Å². The molecule has 1 heterocycles. The van der Waals surface area contributed by atoms with Crippen LogP contribution < -0.4 is 10.6 Å². The molecule has 1 aliphatic rings. The van der Waals surface area contributed by atoms with Crippen LogP contribution in [-0.4, -0.2) is 53.2 Å². The number of hydrogen-bond acceptors (Lipinski definition) is 4. The Bertz CT molecular complexity index is 304. The van der Waals surface area contributed by atoms with E-state index in [1.165, 1.54) is 0 Å². The zero-order valence-corrected chi connectivity index (χ0v) is 10.6. The Morgan fingerprint density at radius 1 is 1.47 bits per heavy atom. The Hall–Kier alpha value is -1.14. The van der Waals surface area contributed by atoms with E-state index in [0.29, 0.717) is 6.54 Å². The molecule has 0 spiro atoms. The number of hydrogen-bond donors (Lipinski definition) is 3. The average Bonchev–Trinajstić information content (AvgIpc) is 2.41. The summed E-state index contributed by atoms with van der Waals surface area (Å²) in [6.07, 6.45) is 0.244. The fourth-order valence-electron chi connectivity index (χ4n) is 1.70. The summed E-state index contributed by atoms with van der Waals surface area (Å²) >= 11 is 0. The Kier molecular flexibility index (Phi) is 4.47. The number of imide groups is 1. The van der Waals surface area contributed by atoms with E-state index in [1.54, 1.807) is 13.8 Å². The van der Waals surface area contributed by atoms with Crippen molar-refractivity contribution in [3.8, 4) is 0 Å². The Morgan fingerprint density at radius 3 is 2.59 bits per heavy atom. The molecule has 1 rings (SSSR count). The van der Waals surface area contributed by atoms with E-state index in [0.717, 1.165) is 17.9 Å². The predicted molar refractivity (Wildman–Crippen MR) is 63.5 cm³/mol. The van der Waals surface area contributed by atoms with Crippen LogP contribution in [0.25, 0.3) is 0 Å². The number of carbonyl (C=O) groups excluding carboxylic acids is 2. The van der Waals surface area contributed by atoms with Crippen LogP contribution in [-0.2, 0) is 4.79 Å². The summed E-state index contributed by atoms with van der Waals surface area (Å²) in [6.45, 7) is 6.54. The minimum Gasteiger partial charge on any atom is -0.390 e. The maximum absolute atomic E-state index is 11.8. The zero-order valence-electron chi connectivity index (χ0n) is 10.6. The predicted octanol–water partition coefficient (Wildman–Crippen LogP) is -0.323. The van der Waals surface area contributed by atoms with Gasteiger partial charge in [-0.15, -0.1) is 0 Å². The summed E-state index contributed by atoms with van der Waals surface area (Å²) in [7, 11) is 0. The number of urea groups is 1. The summed E-state index contributed by atoms with van der Waals surface area (Å²) in [5.74, 6) is -0.294. The summed E-state index contributed by atoms with van der Waals surface area (Å²) in [4.78, 5) is 24.4. The topological polar surface area (TPSA) is 81.7 Å². The van der Waals surface area contributed by atoms with Gasteiger partial charge in [0, 0.05) is 6.54 Å². The molecule has 17 heavy (non-hydrogen) atoms. The quantitative estimate of drug-likeness (QED) is 0.441. The van der Waals surface area contributed by atoms with E-state index in [9.17, 15) is 14.7 Å². The van der Waals surface area contributed by atoms with Gasteiger partial charge in [-0.25, -0.2) is 4.79 Å². The smallest absolute Gasteiger partial charge is 0.325 e. The van der Waals surface area contributed by atoms with Gasteiger partial charge in [-0.3, -0.25) is 9.69 Å². The lowest BCUT2D eigenvalue weighted by Gasteiger charge is -2.19. The third-order valence-electron chi connectivity index (χ3n) is 2.64. The van der Waals surface area contributed by atoms with Crippen molar-refractivity contribution >= 4 is 11.9 Å². The summed E-state index contributed by atoms with van der Waals surface area (Å²) in [5, 5.41) is 15.3. The van der Waals surface area contributed by atoms with Crippen molar-refractivity contribution in [1.82, 2.24) is 15.5 Å². The molecule has 1 unspecified atom stereocenters. The Balaban J connectivity index is 2.46. The largest absolute Gasteiger partial charge is 0.390 e. The van der Waals surface area contributed by atoms with Crippen LogP contribution in [0.5, 0.6) is 0 Å². The summed E-state index contributed by atoms with van der Waals surface area (Å²) < 4.78 is 0. The van der Waals surface area contributed by atoms with E-state index in [-0.39, 0.29) is 12.5 Å². The molecule has 0 bridgehead atoms. The van der Waals surface area contributed by atoms with Crippen molar-refractivity contribution in [3.05, 3.63) is 0 Å². The molecule has 1 atom stereocenters. The molecule has 6 nitrogen and oxygen atoms in total. The van der Waals surface area contributed by atoms with Gasteiger partial charge < -0.3 is 15.7 Å². The van der Waals surface area contributed by atoms with Gasteiger partial charge in [0.2, 0.25) is 0 Å². The fraction of sp³-hybridized carbons (Fsp3) is 0.818. The van der Waals surface area contributed by atoms with Crippen LogP contribution in [0.1, 0.15) is 27.2 Å². The lowest BCUT2D eigenvalue weighted by Crippen LogP contribution is -2.43. The molecule has 3 N–H and O–H groups in total. The van der Waals surface area contributed by atoms with Crippen LogP contribution in [0.3, 0.4) is 0 Å². The number of nitrogens with zero attached hydrogens (tertiary/aromatic N) is 1. The lowest BCUT2D eigenvalue weighted by molar-refractivity contribution is -0.131. The molecule has 6 heteroatoms. The first kappa shape index (κ1) is 13.9. The van der Waals surface area contributed by atoms with Gasteiger partial charge in [-0.1, -0.05) is 6.92 Å². The molecule has 3 amide bonds. The molecule has 1 aliphatic heterocycles. The molecule has 0 saturated carbocycles. The fourth-order valence-corrected chi connectivity index (χ4v) is 1.70. The van der Waals surface area contributed by atoms with Gasteiger partial charge in [-0.2, -0.15) is 0 Å². The number of aliphatic hydroxyl groups excluding tert-OH is 1. The highest BCUT2D eigenvalue weighted by atomic mass is 16.3. The maximum Gasteiger partial charge on any atom is 0.325 e. The van der Waals surface area contributed by atoms with E-state index in [2.05, 4.69) is 10.6 Å². The first-order chi connectivity index (χ1) is 7.88. The minimum atomic E-state index is -0.867. The maximum atomic E-state index is 11.8. The highest BCUT2D eigenvalue weighted by Gasteiger charge is 2.44. The first-order valence-electron chi connectivity index (χ1n) is 5.91. The van der Waals surface area contributed by atoms with Crippen LogP contribution in [0.15, 0.2) is 0 Å². The van der Waals surface area contributed by atoms with Crippen LogP contribution >= 0.6 is 0 Å². The Morgan fingerprint density at radius 2 is 2.12 bits per heavy atom. The standard InChI is InChI=1S/C11H21N3O3/c1-4-5-12-6-8(15)7-14-9(16)11(2,3)13-10(14)17/h8,12,15H,4-7H2,1-3H3,(H,13,17). The van der Waals surface area contributed by atoms with E-state index in [1.807, 2.05) is 6.92 Å². The number of carbonyl (C=O) groups is 2. The molecular weight excluding hydrogens is 222 g/mol. The molecule has 0 radical (unpaired) electrons. The van der Waals surface area contributed by atoms with E-state index in [4.69, 9.17) is 0 Å². The normalized spacial score (nSPS) is 20.6. The van der Waals surface area contributed by atoms with Crippen molar-refractivity contribution in [1.29, 1.82) is 0 Å². The van der Waals surface area contributed by atoms with Crippen molar-refractivity contribution in [2.24, 2.45) is 0 Å². The molecule has 1 fully saturated rings. The Labute approximate surface area is 101 Å². The molecule has 0 aromatic rings. The zero-order chi connectivity index (χ0) is 13.1. The SMILES string of the molecule is CCCNCC(O)CN1C(=O)NC(C)(C)C1=O. The van der Waals surface area contributed by atoms with Gasteiger partial charge in [0.1, 0.15) is 5.54 Å². The van der Waals surface area contributed by atoms with Gasteiger partial charge in [-0.05, 0) is 26.8 Å². The minimum absolute atomic E-state index is 0.0326. The average molecular weight is 243 g/mol. The molecule has 1 saturated heterocycles.